The maximum atomic E-state index is 13.0. The third-order valence-corrected chi connectivity index (χ3v) is 5.52. The number of rotatable bonds is 6. The van der Waals surface area contributed by atoms with Crippen LogP contribution >= 0.6 is 11.3 Å². The smallest absolute Gasteiger partial charge is 0.365 e. The largest absolute Gasteiger partial charge is 0.435 e. The van der Waals surface area contributed by atoms with Gasteiger partial charge < -0.3 is 11.1 Å². The van der Waals surface area contributed by atoms with Crippen molar-refractivity contribution in [2.24, 2.45) is 5.73 Å². The van der Waals surface area contributed by atoms with E-state index in [0.717, 1.165) is 34.0 Å². The Bertz CT molecular complexity index is 897. The lowest BCUT2D eigenvalue weighted by molar-refractivity contribution is -0.141. The summed E-state index contributed by atoms with van der Waals surface area (Å²) in [6.45, 7) is 3.33. The molecular weight excluding hydrogens is 381 g/mol. The molecule has 1 aliphatic carbocycles. The number of thiophene rings is 1. The van der Waals surface area contributed by atoms with Crippen molar-refractivity contribution in [3.8, 4) is 0 Å². The second-order valence-electron chi connectivity index (χ2n) is 6.49. The number of aryl methyl sites for hydroxylation is 1. The number of alkyl halides is 3. The molecule has 0 saturated heterocycles. The summed E-state index contributed by atoms with van der Waals surface area (Å²) < 4.78 is 40.0. The lowest BCUT2D eigenvalue weighted by Crippen LogP contribution is -2.23. The minimum atomic E-state index is -4.56. The van der Waals surface area contributed by atoms with Crippen LogP contribution in [-0.4, -0.2) is 21.6 Å². The first-order chi connectivity index (χ1) is 12.6. The van der Waals surface area contributed by atoms with Crippen molar-refractivity contribution in [2.75, 3.05) is 5.32 Å². The molecule has 1 fully saturated rings. The fraction of sp³-hybridized carbons (Fsp3) is 0.471. The van der Waals surface area contributed by atoms with E-state index in [2.05, 4.69) is 10.4 Å². The van der Waals surface area contributed by atoms with Gasteiger partial charge in [-0.1, -0.05) is 6.92 Å². The molecular formula is C17H19F3N4O2S. The highest BCUT2D eigenvalue weighted by molar-refractivity contribution is 7.16. The molecule has 0 spiro atoms. The molecule has 0 aromatic carbocycles. The Labute approximate surface area is 157 Å². The predicted molar refractivity (Wildman–Crippen MR) is 94.8 cm³/mol. The van der Waals surface area contributed by atoms with Crippen LogP contribution in [-0.2, 0) is 23.9 Å². The first kappa shape index (κ1) is 19.4. The Kier molecular flexibility index (Phi) is 5.02. The van der Waals surface area contributed by atoms with Gasteiger partial charge in [0.2, 0.25) is 5.91 Å². The van der Waals surface area contributed by atoms with E-state index in [4.69, 9.17) is 5.73 Å². The third kappa shape index (κ3) is 4.00. The number of hydrogen-bond acceptors (Lipinski definition) is 4. The molecule has 3 N–H and O–H groups in total. The number of nitrogens with zero attached hydrogens (tertiary/aromatic N) is 2. The number of aromatic nitrogens is 2. The normalized spacial score (nSPS) is 14.4. The average molecular weight is 400 g/mol. The first-order valence-electron chi connectivity index (χ1n) is 8.48. The highest BCUT2D eigenvalue weighted by Crippen LogP contribution is 2.42. The Morgan fingerprint density at radius 2 is 2.07 bits per heavy atom. The topological polar surface area (TPSA) is 90.0 Å². The second-order valence-corrected chi connectivity index (χ2v) is 7.72. The van der Waals surface area contributed by atoms with Crippen LogP contribution in [0.5, 0.6) is 0 Å². The molecule has 6 nitrogen and oxygen atoms in total. The van der Waals surface area contributed by atoms with E-state index in [0.29, 0.717) is 17.1 Å². The molecule has 2 heterocycles. The number of carbonyl (C=O) groups excluding carboxylic acids is 2. The van der Waals surface area contributed by atoms with Crippen molar-refractivity contribution in [1.82, 2.24) is 9.78 Å². The van der Waals surface area contributed by atoms with Crippen LogP contribution in [0.15, 0.2) is 6.07 Å². The van der Waals surface area contributed by atoms with Gasteiger partial charge in [-0.25, -0.2) is 0 Å². The number of anilines is 1. The van der Waals surface area contributed by atoms with Crippen LogP contribution < -0.4 is 11.1 Å². The van der Waals surface area contributed by atoms with Gasteiger partial charge in [-0.2, -0.15) is 18.3 Å². The Morgan fingerprint density at radius 3 is 2.59 bits per heavy atom. The van der Waals surface area contributed by atoms with E-state index < -0.39 is 23.7 Å². The Hall–Kier alpha value is -2.36. The van der Waals surface area contributed by atoms with Gasteiger partial charge in [-0.05, 0) is 37.8 Å². The van der Waals surface area contributed by atoms with Crippen LogP contribution in [0.25, 0.3) is 0 Å². The quantitative estimate of drug-likeness (QED) is 0.778. The molecule has 0 bridgehead atoms. The summed E-state index contributed by atoms with van der Waals surface area (Å²) in [7, 11) is 0. The zero-order valence-corrected chi connectivity index (χ0v) is 15.6. The Morgan fingerprint density at radius 1 is 1.41 bits per heavy atom. The molecule has 0 radical (unpaired) electrons. The first-order valence-corrected chi connectivity index (χ1v) is 9.30. The number of nitrogens with two attached hydrogens (primary N) is 1. The number of carbonyl (C=O) groups is 2. The molecule has 2 aromatic heterocycles. The van der Waals surface area contributed by atoms with Crippen LogP contribution in [0, 0.1) is 6.92 Å². The monoisotopic (exact) mass is 400 g/mol. The van der Waals surface area contributed by atoms with Gasteiger partial charge in [-0.15, -0.1) is 11.3 Å². The van der Waals surface area contributed by atoms with Crippen molar-refractivity contribution < 1.29 is 22.8 Å². The van der Waals surface area contributed by atoms with Crippen LogP contribution in [0.4, 0.5) is 18.2 Å². The van der Waals surface area contributed by atoms with Gasteiger partial charge in [0.15, 0.2) is 5.69 Å². The summed E-state index contributed by atoms with van der Waals surface area (Å²) >= 11 is 1.22. The highest BCUT2D eigenvalue weighted by Gasteiger charge is 2.38. The van der Waals surface area contributed by atoms with E-state index in [1.54, 1.807) is 0 Å². The van der Waals surface area contributed by atoms with Gasteiger partial charge in [0, 0.05) is 16.5 Å². The van der Waals surface area contributed by atoms with E-state index in [1.807, 2.05) is 13.8 Å². The fourth-order valence-corrected chi connectivity index (χ4v) is 4.23. The van der Waals surface area contributed by atoms with Crippen molar-refractivity contribution in [3.05, 3.63) is 33.5 Å². The van der Waals surface area contributed by atoms with Crippen LogP contribution in [0.3, 0.4) is 0 Å². The molecule has 0 aliphatic heterocycles. The van der Waals surface area contributed by atoms with Crippen LogP contribution in [0.1, 0.15) is 57.9 Å². The number of hydrogen-bond donors (Lipinski definition) is 2. The minimum Gasteiger partial charge on any atom is -0.365 e. The van der Waals surface area contributed by atoms with E-state index in [1.165, 1.54) is 11.3 Å². The zero-order valence-electron chi connectivity index (χ0n) is 14.8. The molecule has 1 saturated carbocycles. The lowest BCUT2D eigenvalue weighted by Gasteiger charge is -2.08. The van der Waals surface area contributed by atoms with Gasteiger partial charge in [0.05, 0.1) is 5.56 Å². The molecule has 2 amide bonds. The number of primary amides is 1. The summed E-state index contributed by atoms with van der Waals surface area (Å²) in [5.41, 5.74) is 5.85. The van der Waals surface area contributed by atoms with Crippen molar-refractivity contribution in [2.45, 2.75) is 51.7 Å². The summed E-state index contributed by atoms with van der Waals surface area (Å²) in [6, 6.07) is 1.00. The molecule has 0 atom stereocenters. The molecule has 3 rings (SSSR count). The van der Waals surface area contributed by atoms with Gasteiger partial charge >= 0.3 is 6.18 Å². The summed E-state index contributed by atoms with van der Waals surface area (Å²) in [4.78, 5) is 25.0. The standard InChI is InChI=1S/C17H19F3N4O2S/c1-3-10-8(2)27-16(14(10)15(21)26)22-13(25)7-24-11(9-4-5-9)6-12(23-24)17(18,19)20/h6,9H,3-5,7H2,1-2H3,(H2,21,26)(H,22,25). The highest BCUT2D eigenvalue weighted by atomic mass is 32.1. The number of amides is 2. The second kappa shape index (κ2) is 6.99. The maximum Gasteiger partial charge on any atom is 0.435 e. The predicted octanol–water partition coefficient (Wildman–Crippen LogP) is 3.45. The average Bonchev–Trinajstić information content (AvgIpc) is 3.22. The van der Waals surface area contributed by atoms with Gasteiger partial charge in [0.1, 0.15) is 11.5 Å². The van der Waals surface area contributed by atoms with Crippen molar-refractivity contribution in [3.63, 3.8) is 0 Å². The summed E-state index contributed by atoms with van der Waals surface area (Å²) in [6.07, 6.45) is -2.43. The zero-order chi connectivity index (χ0) is 19.9. The third-order valence-electron chi connectivity index (χ3n) is 4.45. The number of nitrogens with one attached hydrogen (secondary N) is 1. The van der Waals surface area contributed by atoms with Crippen molar-refractivity contribution >= 4 is 28.2 Å². The van der Waals surface area contributed by atoms with Crippen LogP contribution in [0.2, 0.25) is 0 Å². The van der Waals surface area contributed by atoms with E-state index in [9.17, 15) is 22.8 Å². The molecule has 0 unspecified atom stereocenters. The fourth-order valence-electron chi connectivity index (χ4n) is 3.06. The van der Waals surface area contributed by atoms with E-state index in [-0.39, 0.29) is 18.0 Å². The number of halogens is 3. The molecule has 146 valence electrons. The molecule has 10 heteroatoms. The van der Waals surface area contributed by atoms with E-state index >= 15 is 0 Å². The van der Waals surface area contributed by atoms with Crippen molar-refractivity contribution in [1.29, 1.82) is 0 Å². The molecule has 27 heavy (non-hydrogen) atoms. The lowest BCUT2D eigenvalue weighted by atomic mass is 10.1. The summed E-state index contributed by atoms with van der Waals surface area (Å²) in [5, 5.41) is 6.49. The molecule has 1 aliphatic rings. The SMILES string of the molecule is CCc1c(C)sc(NC(=O)Cn2nc(C(F)(F)F)cc2C2CC2)c1C(N)=O. The van der Waals surface area contributed by atoms with Gasteiger partial charge in [-0.3, -0.25) is 14.3 Å². The maximum absolute atomic E-state index is 13.0. The van der Waals surface area contributed by atoms with Gasteiger partial charge in [0.25, 0.3) is 5.91 Å². The summed E-state index contributed by atoms with van der Waals surface area (Å²) in [5.74, 6) is -1.21. The molecule has 2 aromatic rings. The minimum absolute atomic E-state index is 0.00161. The Balaban J connectivity index is 1.83.